The summed E-state index contributed by atoms with van der Waals surface area (Å²) in [5.74, 6) is 0.588. The van der Waals surface area contributed by atoms with Crippen LogP contribution >= 0.6 is 0 Å². The van der Waals surface area contributed by atoms with Crippen LogP contribution in [0.3, 0.4) is 0 Å². The Labute approximate surface area is 79.4 Å². The standard InChI is InChI=1S/C12H16O/c13-12-8-4-7-11(9-12)10-5-2-1-3-6-10/h1-3,5-6,11-13H,4,7-9H2/t11-,12+/m1/s1. The van der Waals surface area contributed by atoms with Gasteiger partial charge in [-0.3, -0.25) is 0 Å². The van der Waals surface area contributed by atoms with Gasteiger partial charge in [-0.1, -0.05) is 36.8 Å². The van der Waals surface area contributed by atoms with Crippen molar-refractivity contribution in [3.8, 4) is 0 Å². The number of rotatable bonds is 1. The molecule has 1 N–H and O–H groups in total. The Morgan fingerprint density at radius 2 is 1.85 bits per heavy atom. The summed E-state index contributed by atoms with van der Waals surface area (Å²) in [5, 5.41) is 9.54. The molecule has 2 atom stereocenters. The lowest BCUT2D eigenvalue weighted by Gasteiger charge is -2.25. The number of aliphatic hydroxyl groups is 1. The Hall–Kier alpha value is -0.820. The number of hydrogen-bond donors (Lipinski definition) is 1. The first kappa shape index (κ1) is 8.76. The van der Waals surface area contributed by atoms with Crippen LogP contribution in [0.1, 0.15) is 37.2 Å². The molecule has 13 heavy (non-hydrogen) atoms. The van der Waals surface area contributed by atoms with Gasteiger partial charge >= 0.3 is 0 Å². The van der Waals surface area contributed by atoms with Crippen molar-refractivity contribution in [1.29, 1.82) is 0 Å². The van der Waals surface area contributed by atoms with Crippen molar-refractivity contribution in [3.63, 3.8) is 0 Å². The van der Waals surface area contributed by atoms with Gasteiger partial charge in [0.2, 0.25) is 0 Å². The Morgan fingerprint density at radius 1 is 1.08 bits per heavy atom. The first-order valence-electron chi connectivity index (χ1n) is 5.09. The second kappa shape index (κ2) is 3.93. The molecule has 1 saturated carbocycles. The molecular weight excluding hydrogens is 160 g/mol. The van der Waals surface area contributed by atoms with Crippen LogP contribution < -0.4 is 0 Å². The van der Waals surface area contributed by atoms with E-state index in [9.17, 15) is 5.11 Å². The molecule has 1 fully saturated rings. The Kier molecular flexibility index (Phi) is 2.65. The van der Waals surface area contributed by atoms with Crippen LogP contribution in [0.4, 0.5) is 0 Å². The highest BCUT2D eigenvalue weighted by molar-refractivity contribution is 5.20. The average molecular weight is 176 g/mol. The lowest BCUT2D eigenvalue weighted by molar-refractivity contribution is 0.119. The molecule has 0 amide bonds. The molecular formula is C12H16O. The highest BCUT2D eigenvalue weighted by atomic mass is 16.3. The summed E-state index contributed by atoms with van der Waals surface area (Å²) in [6.07, 6.45) is 4.27. The summed E-state index contributed by atoms with van der Waals surface area (Å²) in [4.78, 5) is 0. The van der Waals surface area contributed by atoms with Gasteiger partial charge in [0.15, 0.2) is 0 Å². The fourth-order valence-corrected chi connectivity index (χ4v) is 2.19. The zero-order chi connectivity index (χ0) is 9.10. The van der Waals surface area contributed by atoms with Gasteiger partial charge in [-0.25, -0.2) is 0 Å². The maximum absolute atomic E-state index is 9.54. The third-order valence-electron chi connectivity index (χ3n) is 2.92. The van der Waals surface area contributed by atoms with Gasteiger partial charge in [0.1, 0.15) is 0 Å². The molecule has 1 aliphatic carbocycles. The summed E-state index contributed by atoms with van der Waals surface area (Å²) >= 11 is 0. The Morgan fingerprint density at radius 3 is 2.54 bits per heavy atom. The van der Waals surface area contributed by atoms with Crippen LogP contribution in [0, 0.1) is 0 Å². The van der Waals surface area contributed by atoms with Gasteiger partial charge in [-0.05, 0) is 30.7 Å². The minimum Gasteiger partial charge on any atom is -0.393 e. The topological polar surface area (TPSA) is 20.2 Å². The van der Waals surface area contributed by atoms with Gasteiger partial charge in [0, 0.05) is 0 Å². The van der Waals surface area contributed by atoms with Crippen LogP contribution in [0.15, 0.2) is 30.3 Å². The summed E-state index contributed by atoms with van der Waals surface area (Å²) in [7, 11) is 0. The van der Waals surface area contributed by atoms with Crippen LogP contribution in [-0.2, 0) is 0 Å². The maximum atomic E-state index is 9.54. The summed E-state index contributed by atoms with van der Waals surface area (Å²) in [6, 6.07) is 10.5. The second-order valence-electron chi connectivity index (χ2n) is 3.93. The van der Waals surface area contributed by atoms with Crippen LogP contribution in [0.25, 0.3) is 0 Å². The predicted molar refractivity (Wildman–Crippen MR) is 53.7 cm³/mol. The third-order valence-corrected chi connectivity index (χ3v) is 2.92. The molecule has 0 aliphatic heterocycles. The number of aliphatic hydroxyl groups excluding tert-OH is 1. The van der Waals surface area contributed by atoms with Crippen LogP contribution in [0.5, 0.6) is 0 Å². The number of benzene rings is 1. The molecule has 70 valence electrons. The fourth-order valence-electron chi connectivity index (χ4n) is 2.19. The first-order chi connectivity index (χ1) is 6.36. The minimum absolute atomic E-state index is 0.0704. The van der Waals surface area contributed by atoms with Gasteiger partial charge in [-0.2, -0.15) is 0 Å². The van der Waals surface area contributed by atoms with E-state index in [-0.39, 0.29) is 6.10 Å². The Bertz CT molecular complexity index is 255. The zero-order valence-electron chi connectivity index (χ0n) is 7.82. The average Bonchev–Trinajstić information content (AvgIpc) is 2.19. The molecule has 0 spiro atoms. The maximum Gasteiger partial charge on any atom is 0.0546 e. The van der Waals surface area contributed by atoms with Crippen LogP contribution in [-0.4, -0.2) is 11.2 Å². The van der Waals surface area contributed by atoms with Crippen molar-refractivity contribution in [1.82, 2.24) is 0 Å². The molecule has 1 aromatic carbocycles. The van der Waals surface area contributed by atoms with Crippen molar-refractivity contribution >= 4 is 0 Å². The fraction of sp³-hybridized carbons (Fsp3) is 0.500. The third kappa shape index (κ3) is 2.10. The highest BCUT2D eigenvalue weighted by Crippen LogP contribution is 2.32. The summed E-state index contributed by atoms with van der Waals surface area (Å²) < 4.78 is 0. The van der Waals surface area contributed by atoms with Crippen molar-refractivity contribution in [2.24, 2.45) is 0 Å². The molecule has 0 heterocycles. The summed E-state index contributed by atoms with van der Waals surface area (Å²) in [6.45, 7) is 0. The summed E-state index contributed by atoms with van der Waals surface area (Å²) in [5.41, 5.74) is 1.39. The van der Waals surface area contributed by atoms with Gasteiger partial charge in [-0.15, -0.1) is 0 Å². The molecule has 1 heteroatoms. The van der Waals surface area contributed by atoms with Crippen molar-refractivity contribution in [2.45, 2.75) is 37.7 Å². The molecule has 0 aromatic heterocycles. The SMILES string of the molecule is O[C@H]1CCC[C@@H](c2ccccc2)C1. The van der Waals surface area contributed by atoms with Gasteiger partial charge < -0.3 is 5.11 Å². The molecule has 0 unspecified atom stereocenters. The minimum atomic E-state index is -0.0704. The zero-order valence-corrected chi connectivity index (χ0v) is 7.82. The Balaban J connectivity index is 2.08. The lowest BCUT2D eigenvalue weighted by atomic mass is 9.83. The highest BCUT2D eigenvalue weighted by Gasteiger charge is 2.20. The van der Waals surface area contributed by atoms with Gasteiger partial charge in [0.05, 0.1) is 6.10 Å². The normalized spacial score (nSPS) is 28.7. The van der Waals surface area contributed by atoms with E-state index in [0.717, 1.165) is 12.8 Å². The molecule has 1 nitrogen and oxygen atoms in total. The largest absolute Gasteiger partial charge is 0.393 e. The number of hydrogen-bond acceptors (Lipinski definition) is 1. The van der Waals surface area contributed by atoms with E-state index in [2.05, 4.69) is 24.3 Å². The molecule has 0 bridgehead atoms. The van der Waals surface area contributed by atoms with E-state index in [1.54, 1.807) is 0 Å². The second-order valence-corrected chi connectivity index (χ2v) is 3.93. The molecule has 0 radical (unpaired) electrons. The predicted octanol–water partition coefficient (Wildman–Crippen LogP) is 2.71. The lowest BCUT2D eigenvalue weighted by Crippen LogP contribution is -2.17. The van der Waals surface area contributed by atoms with Crippen molar-refractivity contribution < 1.29 is 5.11 Å². The van der Waals surface area contributed by atoms with E-state index < -0.39 is 0 Å². The van der Waals surface area contributed by atoms with E-state index >= 15 is 0 Å². The molecule has 1 aliphatic rings. The van der Waals surface area contributed by atoms with Crippen LogP contribution in [0.2, 0.25) is 0 Å². The first-order valence-corrected chi connectivity index (χ1v) is 5.09. The molecule has 1 aromatic rings. The monoisotopic (exact) mass is 176 g/mol. The molecule has 2 rings (SSSR count). The quantitative estimate of drug-likeness (QED) is 0.697. The van der Waals surface area contributed by atoms with Crippen molar-refractivity contribution in [2.75, 3.05) is 0 Å². The van der Waals surface area contributed by atoms with E-state index in [1.165, 1.54) is 18.4 Å². The van der Waals surface area contributed by atoms with E-state index in [0.29, 0.717) is 5.92 Å². The smallest absolute Gasteiger partial charge is 0.0546 e. The molecule has 0 saturated heterocycles. The van der Waals surface area contributed by atoms with Crippen molar-refractivity contribution in [3.05, 3.63) is 35.9 Å². The van der Waals surface area contributed by atoms with Gasteiger partial charge in [0.25, 0.3) is 0 Å². The van der Waals surface area contributed by atoms with E-state index in [4.69, 9.17) is 0 Å². The van der Waals surface area contributed by atoms with E-state index in [1.807, 2.05) is 6.07 Å².